The normalized spacial score (nSPS) is 10.3. The number of Topliss-reactive ketones (excluding diaryl/α,β-unsaturated/α-hetero) is 1. The monoisotopic (exact) mass is 306 g/mol. The molecule has 0 amide bonds. The summed E-state index contributed by atoms with van der Waals surface area (Å²) in [6.07, 6.45) is 2.41. The second-order valence-electron chi connectivity index (χ2n) is 2.98. The summed E-state index contributed by atoms with van der Waals surface area (Å²) in [5.41, 5.74) is 1.86. The van der Waals surface area contributed by atoms with E-state index in [1.54, 1.807) is 11.8 Å². The number of rotatable bonds is 5. The summed E-state index contributed by atoms with van der Waals surface area (Å²) in [6.45, 7) is 0. The van der Waals surface area contributed by atoms with E-state index >= 15 is 0 Å². The number of ketones is 1. The first-order valence-corrected chi connectivity index (χ1v) is 7.43. The Kier molecular flexibility index (Phi) is 5.72. The van der Waals surface area contributed by atoms with Crippen LogP contribution in [0.5, 0.6) is 0 Å². The topological polar surface area (TPSA) is 17.1 Å². The van der Waals surface area contributed by atoms with Gasteiger partial charge in [-0.15, -0.1) is 23.4 Å². The quantitative estimate of drug-likeness (QED) is 0.462. The van der Waals surface area contributed by atoms with Crippen molar-refractivity contribution in [3.63, 3.8) is 0 Å². The maximum absolute atomic E-state index is 11.8. The lowest BCUT2D eigenvalue weighted by molar-refractivity contribution is 0.0988. The third-order valence-electron chi connectivity index (χ3n) is 2.11. The van der Waals surface area contributed by atoms with Gasteiger partial charge in [0.2, 0.25) is 0 Å². The summed E-state index contributed by atoms with van der Waals surface area (Å²) in [5.74, 6) is 0.500. The minimum Gasteiger partial charge on any atom is -0.294 e. The van der Waals surface area contributed by atoms with Crippen LogP contribution in [0.25, 0.3) is 0 Å². The third-order valence-corrected chi connectivity index (χ3v) is 3.68. The van der Waals surface area contributed by atoms with E-state index in [0.29, 0.717) is 17.6 Å². The van der Waals surface area contributed by atoms with E-state index in [4.69, 9.17) is 11.6 Å². The van der Waals surface area contributed by atoms with Crippen molar-refractivity contribution in [1.29, 1.82) is 0 Å². The van der Waals surface area contributed by atoms with Gasteiger partial charge in [0.15, 0.2) is 5.78 Å². The van der Waals surface area contributed by atoms with Crippen LogP contribution in [0.15, 0.2) is 23.1 Å². The minimum absolute atomic E-state index is 0.121. The molecule has 1 aromatic rings. The lowest BCUT2D eigenvalue weighted by Gasteiger charge is -2.09. The van der Waals surface area contributed by atoms with E-state index < -0.39 is 0 Å². The van der Waals surface area contributed by atoms with Gasteiger partial charge >= 0.3 is 0 Å². The Labute approximate surface area is 108 Å². The van der Waals surface area contributed by atoms with Crippen molar-refractivity contribution in [2.45, 2.75) is 16.6 Å². The number of hydrogen-bond donors (Lipinski definition) is 0. The zero-order chi connectivity index (χ0) is 11.3. The Morgan fingerprint density at radius 1 is 1.53 bits per heavy atom. The molecule has 0 atom stereocenters. The molecule has 0 aliphatic carbocycles. The van der Waals surface area contributed by atoms with Gasteiger partial charge in [-0.3, -0.25) is 4.79 Å². The summed E-state index contributed by atoms with van der Waals surface area (Å²) in [7, 11) is 0. The van der Waals surface area contributed by atoms with Crippen molar-refractivity contribution >= 4 is 45.1 Å². The molecule has 1 nitrogen and oxygen atoms in total. The molecule has 82 valence electrons. The average Bonchev–Trinajstić information content (AvgIpc) is 2.28. The predicted molar refractivity (Wildman–Crippen MR) is 70.5 cm³/mol. The molecule has 0 heterocycles. The van der Waals surface area contributed by atoms with Gasteiger partial charge in [0.25, 0.3) is 0 Å². The minimum atomic E-state index is 0.121. The molecule has 0 fully saturated rings. The number of benzene rings is 1. The van der Waals surface area contributed by atoms with E-state index in [2.05, 4.69) is 15.9 Å². The molecular formula is C11H12BrClOS. The maximum Gasteiger partial charge on any atom is 0.164 e. The van der Waals surface area contributed by atoms with Crippen LogP contribution in [-0.2, 0) is 5.33 Å². The number of alkyl halides is 2. The second kappa shape index (κ2) is 6.56. The van der Waals surface area contributed by atoms with Gasteiger partial charge in [0.05, 0.1) is 0 Å². The van der Waals surface area contributed by atoms with E-state index in [0.717, 1.165) is 16.0 Å². The van der Waals surface area contributed by atoms with Gasteiger partial charge in [-0.2, -0.15) is 0 Å². The highest BCUT2D eigenvalue weighted by Crippen LogP contribution is 2.26. The molecule has 15 heavy (non-hydrogen) atoms. The summed E-state index contributed by atoms with van der Waals surface area (Å²) in [5, 5.41) is 0.702. The zero-order valence-electron chi connectivity index (χ0n) is 8.43. The summed E-state index contributed by atoms with van der Waals surface area (Å²) >= 11 is 10.7. The molecule has 0 aromatic heterocycles. The van der Waals surface area contributed by atoms with Gasteiger partial charge in [-0.25, -0.2) is 0 Å². The predicted octanol–water partition coefficient (Wildman–Crippen LogP) is 4.12. The molecule has 0 saturated carbocycles. The third kappa shape index (κ3) is 3.23. The Morgan fingerprint density at radius 2 is 2.27 bits per heavy atom. The fraction of sp³-hybridized carbons (Fsp3) is 0.364. The van der Waals surface area contributed by atoms with E-state index in [-0.39, 0.29) is 5.78 Å². The molecule has 0 N–H and O–H groups in total. The summed E-state index contributed by atoms with van der Waals surface area (Å²) in [6, 6.07) is 5.81. The highest BCUT2D eigenvalue weighted by molar-refractivity contribution is 9.08. The van der Waals surface area contributed by atoms with Gasteiger partial charge in [0.1, 0.15) is 0 Å². The fourth-order valence-corrected chi connectivity index (χ4v) is 2.98. The molecule has 0 bridgehead atoms. The lowest BCUT2D eigenvalue weighted by atomic mass is 10.0. The molecule has 1 aromatic carbocycles. The summed E-state index contributed by atoms with van der Waals surface area (Å²) < 4.78 is 0. The highest BCUT2D eigenvalue weighted by Gasteiger charge is 2.12. The zero-order valence-corrected chi connectivity index (χ0v) is 11.6. The number of thioether (sulfide) groups is 1. The molecule has 0 radical (unpaired) electrons. The molecule has 0 saturated heterocycles. The second-order valence-corrected chi connectivity index (χ2v) is 4.77. The molecule has 0 unspecified atom stereocenters. The number of halogens is 2. The van der Waals surface area contributed by atoms with Crippen molar-refractivity contribution < 1.29 is 4.79 Å². The van der Waals surface area contributed by atoms with Crippen LogP contribution in [0.2, 0.25) is 0 Å². The molecule has 1 rings (SSSR count). The van der Waals surface area contributed by atoms with E-state index in [9.17, 15) is 4.79 Å². The Morgan fingerprint density at radius 3 is 2.80 bits per heavy atom. The SMILES string of the molecule is CSc1cccc(C(=O)CCCl)c1CBr. The first kappa shape index (κ1) is 13.1. The van der Waals surface area contributed by atoms with Crippen molar-refractivity contribution in [2.24, 2.45) is 0 Å². The van der Waals surface area contributed by atoms with Crippen molar-refractivity contribution in [1.82, 2.24) is 0 Å². The smallest absolute Gasteiger partial charge is 0.164 e. The molecule has 0 aliphatic heterocycles. The van der Waals surface area contributed by atoms with Crippen LogP contribution in [0, 0.1) is 0 Å². The van der Waals surface area contributed by atoms with Crippen molar-refractivity contribution in [3.8, 4) is 0 Å². The van der Waals surface area contributed by atoms with Crippen LogP contribution in [0.1, 0.15) is 22.3 Å². The fourth-order valence-electron chi connectivity index (χ4n) is 1.38. The van der Waals surface area contributed by atoms with Crippen LogP contribution in [0.4, 0.5) is 0 Å². The van der Waals surface area contributed by atoms with Crippen molar-refractivity contribution in [3.05, 3.63) is 29.3 Å². The van der Waals surface area contributed by atoms with Gasteiger partial charge < -0.3 is 0 Å². The van der Waals surface area contributed by atoms with Crippen LogP contribution in [-0.4, -0.2) is 17.9 Å². The van der Waals surface area contributed by atoms with E-state index in [1.165, 1.54) is 0 Å². The number of carbonyl (C=O) groups excluding carboxylic acids is 1. The van der Waals surface area contributed by atoms with E-state index in [1.807, 2.05) is 24.5 Å². The molecule has 0 aliphatic rings. The van der Waals surface area contributed by atoms with Gasteiger partial charge in [-0.1, -0.05) is 28.1 Å². The number of hydrogen-bond acceptors (Lipinski definition) is 2. The Balaban J connectivity index is 3.11. The molecule has 4 heteroatoms. The standard InChI is InChI=1S/C11H12BrClOS/c1-15-11-4-2-3-8(9(11)7-12)10(14)5-6-13/h2-4H,5-7H2,1H3. The largest absolute Gasteiger partial charge is 0.294 e. The lowest BCUT2D eigenvalue weighted by Crippen LogP contribution is -2.04. The van der Waals surface area contributed by atoms with Gasteiger partial charge in [0, 0.05) is 28.1 Å². The average molecular weight is 308 g/mol. The number of carbonyl (C=O) groups is 1. The Bertz CT molecular complexity index is 354. The first-order valence-electron chi connectivity index (χ1n) is 4.55. The first-order chi connectivity index (χ1) is 7.24. The summed E-state index contributed by atoms with van der Waals surface area (Å²) in [4.78, 5) is 12.9. The van der Waals surface area contributed by atoms with Crippen molar-refractivity contribution in [2.75, 3.05) is 12.1 Å². The highest BCUT2D eigenvalue weighted by atomic mass is 79.9. The molecule has 0 spiro atoms. The van der Waals surface area contributed by atoms with Crippen LogP contribution >= 0.6 is 39.3 Å². The molecular weight excluding hydrogens is 296 g/mol. The maximum atomic E-state index is 11.8. The van der Waals surface area contributed by atoms with Crippen LogP contribution < -0.4 is 0 Å². The van der Waals surface area contributed by atoms with Gasteiger partial charge in [-0.05, 0) is 17.9 Å². The van der Waals surface area contributed by atoms with Crippen LogP contribution in [0.3, 0.4) is 0 Å². The Hall–Kier alpha value is 0.01000.